The summed E-state index contributed by atoms with van der Waals surface area (Å²) in [6.45, 7) is 7.65. The van der Waals surface area contributed by atoms with Crippen molar-refractivity contribution in [3.05, 3.63) is 28.8 Å². The van der Waals surface area contributed by atoms with E-state index in [1.807, 2.05) is 0 Å². The van der Waals surface area contributed by atoms with Crippen molar-refractivity contribution in [3.8, 4) is 17.2 Å². The van der Waals surface area contributed by atoms with Crippen LogP contribution in [0.1, 0.15) is 74.9 Å². The summed E-state index contributed by atoms with van der Waals surface area (Å²) in [6, 6.07) is 3.16. The van der Waals surface area contributed by atoms with Crippen LogP contribution in [0.3, 0.4) is 0 Å². The van der Waals surface area contributed by atoms with Gasteiger partial charge in [-0.2, -0.15) is 0 Å². The van der Waals surface area contributed by atoms with Crippen LogP contribution in [-0.2, 0) is 39.6 Å². The van der Waals surface area contributed by atoms with Crippen molar-refractivity contribution in [2.45, 2.75) is 159 Å². The molecule has 2 aromatic carbocycles. The summed E-state index contributed by atoms with van der Waals surface area (Å²) < 4.78 is 41.5. The molecule has 0 aromatic heterocycles. The molecule has 17 nitrogen and oxygen atoms in total. The van der Waals surface area contributed by atoms with Crippen LogP contribution >= 0.6 is 0 Å². The van der Waals surface area contributed by atoms with Gasteiger partial charge in [-0.3, -0.25) is 9.59 Å². The van der Waals surface area contributed by atoms with Crippen LogP contribution in [-0.4, -0.2) is 152 Å². The number of carbonyl (C=O) groups is 2. The zero-order valence-corrected chi connectivity index (χ0v) is 32.2. The molecular formula is C39H54O17. The summed E-state index contributed by atoms with van der Waals surface area (Å²) in [5.74, 6) is -3.52. The van der Waals surface area contributed by atoms with E-state index in [0.29, 0.717) is 18.2 Å². The van der Waals surface area contributed by atoms with Gasteiger partial charge in [0.2, 0.25) is 0 Å². The van der Waals surface area contributed by atoms with Crippen LogP contribution in [0.25, 0.3) is 10.8 Å². The molecule has 17 heteroatoms. The van der Waals surface area contributed by atoms with E-state index in [1.54, 1.807) is 39.8 Å². The predicted molar refractivity (Wildman–Crippen MR) is 193 cm³/mol. The van der Waals surface area contributed by atoms with E-state index in [2.05, 4.69) is 0 Å². The second kappa shape index (κ2) is 17.1. The van der Waals surface area contributed by atoms with Gasteiger partial charge < -0.3 is 74.0 Å². The van der Waals surface area contributed by atoms with Crippen LogP contribution in [0.5, 0.6) is 17.2 Å². The normalized spacial score (nSPS) is 36.8. The minimum atomic E-state index is -1.88. The number of methoxy groups -OCH3 is 1. The van der Waals surface area contributed by atoms with Crippen molar-refractivity contribution < 1.29 is 83.6 Å². The Labute approximate surface area is 323 Å². The molecule has 3 aliphatic heterocycles. The molecule has 2 aromatic rings. The zero-order chi connectivity index (χ0) is 40.9. The van der Waals surface area contributed by atoms with Crippen LogP contribution in [0.15, 0.2) is 12.1 Å². The quantitative estimate of drug-likeness (QED) is 0.155. The van der Waals surface area contributed by atoms with Gasteiger partial charge in [0.1, 0.15) is 47.8 Å². The lowest BCUT2D eigenvalue weighted by molar-refractivity contribution is -0.311. The summed E-state index contributed by atoms with van der Waals surface area (Å²) in [7, 11) is 1.21. The summed E-state index contributed by atoms with van der Waals surface area (Å²) in [4.78, 5) is 28.2. The summed E-state index contributed by atoms with van der Waals surface area (Å²) in [5.41, 5.74) is 0.339. The average Bonchev–Trinajstić information content (AvgIpc) is 3.14. The van der Waals surface area contributed by atoms with Crippen LogP contribution in [0, 0.1) is 12.8 Å². The van der Waals surface area contributed by atoms with Crippen molar-refractivity contribution in [2.75, 3.05) is 7.11 Å². The van der Waals surface area contributed by atoms with E-state index < -0.39 is 115 Å². The molecular weight excluding hydrogens is 740 g/mol. The number of hydrogen-bond acceptors (Lipinski definition) is 17. The molecule has 0 radical (unpaired) electrons. The van der Waals surface area contributed by atoms with E-state index >= 15 is 0 Å². The zero-order valence-electron chi connectivity index (χ0n) is 32.2. The van der Waals surface area contributed by atoms with Gasteiger partial charge in [0, 0.05) is 37.9 Å². The fourth-order valence-electron chi connectivity index (χ4n) is 8.12. The first-order chi connectivity index (χ1) is 26.4. The van der Waals surface area contributed by atoms with Gasteiger partial charge in [0.25, 0.3) is 0 Å². The first-order valence-electron chi connectivity index (χ1n) is 19.1. The highest BCUT2D eigenvalue weighted by Crippen LogP contribution is 2.47. The lowest BCUT2D eigenvalue weighted by Gasteiger charge is -2.43. The van der Waals surface area contributed by atoms with Gasteiger partial charge in [-0.05, 0) is 70.5 Å². The first kappa shape index (κ1) is 42.6. The maximum atomic E-state index is 14.6. The Morgan fingerprint density at radius 2 is 1.48 bits per heavy atom. The Kier molecular flexibility index (Phi) is 13.0. The Hall–Kier alpha value is -3.04. The molecule has 3 heterocycles. The number of hydrogen-bond donors (Lipinski definition) is 8. The summed E-state index contributed by atoms with van der Waals surface area (Å²) in [5, 5.41) is 85.6. The Bertz CT molecular complexity index is 1740. The van der Waals surface area contributed by atoms with Gasteiger partial charge in [-0.15, -0.1) is 0 Å². The first-order valence-corrected chi connectivity index (χ1v) is 19.1. The number of aromatic hydroxyl groups is 2. The summed E-state index contributed by atoms with van der Waals surface area (Å²) >= 11 is 0. The molecule has 56 heavy (non-hydrogen) atoms. The van der Waals surface area contributed by atoms with E-state index in [9.17, 15) is 50.4 Å². The monoisotopic (exact) mass is 794 g/mol. The van der Waals surface area contributed by atoms with Gasteiger partial charge in [-0.1, -0.05) is 0 Å². The smallest absolute Gasteiger partial charge is 0.200 e. The SMILES string of the molecule is CO[C@H](C(=O)[C@@H](O)[C@@H](C)O)[C@@H]1Cc2cc3cc(O[C@H]4CC[C@H](O)[C@@H](C)O4)c(C)c(O)c3c(O)c2C(=O)[C@H]1O[C@H]1C[C@@H](O[C@H]2C[C@@H](O)[C@H](O)[C@@H](C)O2)[C@@H](O)[C@@H](C)O1. The molecule has 1 aliphatic carbocycles. The maximum absolute atomic E-state index is 14.6. The minimum Gasteiger partial charge on any atom is -0.507 e. The molecule has 16 atom stereocenters. The number of carbonyl (C=O) groups excluding carboxylic acids is 2. The highest BCUT2D eigenvalue weighted by atomic mass is 16.7. The molecule has 8 N–H and O–H groups in total. The van der Waals surface area contributed by atoms with E-state index in [0.717, 1.165) is 0 Å². The Morgan fingerprint density at radius 1 is 0.839 bits per heavy atom. The van der Waals surface area contributed by atoms with E-state index in [4.69, 9.17) is 33.2 Å². The van der Waals surface area contributed by atoms with E-state index in [1.165, 1.54) is 14.0 Å². The highest BCUT2D eigenvalue weighted by Gasteiger charge is 2.50. The number of fused-ring (bicyclic) bond motifs is 2. The number of ether oxygens (including phenoxy) is 7. The van der Waals surface area contributed by atoms with Gasteiger partial charge in [0.15, 0.2) is 30.4 Å². The van der Waals surface area contributed by atoms with Gasteiger partial charge in [-0.25, -0.2) is 0 Å². The Morgan fingerprint density at radius 3 is 2.11 bits per heavy atom. The number of aliphatic hydroxyl groups excluding tert-OH is 6. The van der Waals surface area contributed by atoms with Crippen molar-refractivity contribution in [3.63, 3.8) is 0 Å². The molecule has 4 aliphatic rings. The van der Waals surface area contributed by atoms with Gasteiger partial charge in [0.05, 0.1) is 53.7 Å². The third-order valence-corrected chi connectivity index (χ3v) is 11.5. The van der Waals surface area contributed by atoms with Crippen molar-refractivity contribution in [1.82, 2.24) is 0 Å². The average molecular weight is 795 g/mol. The number of aliphatic hydroxyl groups is 6. The second-order valence-corrected chi connectivity index (χ2v) is 15.5. The van der Waals surface area contributed by atoms with Crippen molar-refractivity contribution in [2.24, 2.45) is 5.92 Å². The highest BCUT2D eigenvalue weighted by molar-refractivity contribution is 6.11. The van der Waals surface area contributed by atoms with E-state index in [-0.39, 0.29) is 52.8 Å². The number of benzene rings is 2. The van der Waals surface area contributed by atoms with Crippen molar-refractivity contribution >= 4 is 22.3 Å². The minimum absolute atomic E-state index is 0.0375. The third kappa shape index (κ3) is 8.28. The fraction of sp³-hybridized carbons (Fsp3) is 0.692. The maximum Gasteiger partial charge on any atom is 0.200 e. The molecule has 3 saturated heterocycles. The molecule has 3 fully saturated rings. The van der Waals surface area contributed by atoms with Crippen LogP contribution in [0.4, 0.5) is 0 Å². The lowest BCUT2D eigenvalue weighted by atomic mass is 9.75. The topological polar surface area (TPSA) is 261 Å². The molecule has 0 amide bonds. The molecule has 312 valence electrons. The molecule has 0 saturated carbocycles. The van der Waals surface area contributed by atoms with Crippen molar-refractivity contribution in [1.29, 1.82) is 0 Å². The van der Waals surface area contributed by atoms with Gasteiger partial charge >= 0.3 is 0 Å². The molecule has 0 bridgehead atoms. The number of rotatable bonds is 11. The Balaban J connectivity index is 1.35. The number of phenolic OH excluding ortho intramolecular Hbond substituents is 2. The molecule has 0 unspecified atom stereocenters. The number of Topliss-reactive ketones (excluding diaryl/α,β-unsaturated/α-hetero) is 2. The van der Waals surface area contributed by atoms with Crippen LogP contribution in [0.2, 0.25) is 0 Å². The lowest BCUT2D eigenvalue weighted by Crippen LogP contribution is -2.56. The predicted octanol–water partition coefficient (Wildman–Crippen LogP) is 0.628. The van der Waals surface area contributed by atoms with Crippen LogP contribution < -0.4 is 4.74 Å². The summed E-state index contributed by atoms with van der Waals surface area (Å²) in [6.07, 6.45) is -16.2. The largest absolute Gasteiger partial charge is 0.507 e. The molecule has 6 rings (SSSR count). The number of phenols is 2. The second-order valence-electron chi connectivity index (χ2n) is 15.5. The third-order valence-electron chi connectivity index (χ3n) is 11.5. The number of ketones is 2. The standard InChI is InChI=1S/C39H54O17/c1-14-24(54-26-8-7-22(41)16(3)51-26)11-20-9-19-10-21(38(50-6)37(49)32(44)15(2)40)39(36(48)30(19)35(47)29(20)31(14)43)56-28-13-25(34(46)18(5)53-28)55-27-12-23(42)33(45)17(4)52-27/h9,11,15-18,21-23,25-28,32-34,38-47H,7-8,10,12-13H2,1-6H3/t15-,16-,17-,18-,21+,22+,23-,25-,26+,27+,28+,32+,33-,34+,38+,39+/m1/s1. The molecule has 0 spiro atoms. The fourth-order valence-corrected chi connectivity index (χ4v) is 8.12.